The summed E-state index contributed by atoms with van der Waals surface area (Å²) in [7, 11) is 0.157. The van der Waals surface area contributed by atoms with Crippen molar-refractivity contribution in [3.8, 4) is 0 Å². The summed E-state index contributed by atoms with van der Waals surface area (Å²) in [6.45, 7) is -0.549. The molecule has 0 aliphatic carbocycles. The van der Waals surface area contributed by atoms with Gasteiger partial charge in [-0.3, -0.25) is 4.74 Å². The van der Waals surface area contributed by atoms with Crippen molar-refractivity contribution in [1.82, 2.24) is 0 Å². The first-order valence-electron chi connectivity index (χ1n) is 3.53. The largest absolute Gasteiger partial charge is 0.488 e. The van der Waals surface area contributed by atoms with Crippen LogP contribution in [0.3, 0.4) is 0 Å². The maximum atomic E-state index is 12.8. The van der Waals surface area contributed by atoms with Gasteiger partial charge in [-0.15, -0.1) is 8.78 Å². The minimum absolute atomic E-state index is 0.157. The standard InChI is InChI=1S/C6H6F8O2/c1-3(7,8)4(9,5(10,11)12)16-6(13,14)15-2/h1-2H3. The molecule has 1 unspecified atom stereocenters. The molecule has 0 aromatic rings. The number of alkyl halides is 8. The van der Waals surface area contributed by atoms with Crippen molar-refractivity contribution in [1.29, 1.82) is 0 Å². The van der Waals surface area contributed by atoms with E-state index in [1.165, 1.54) is 0 Å². The van der Waals surface area contributed by atoms with Crippen LogP contribution in [0.2, 0.25) is 0 Å². The third-order valence-electron chi connectivity index (χ3n) is 1.43. The van der Waals surface area contributed by atoms with Gasteiger partial charge < -0.3 is 0 Å². The van der Waals surface area contributed by atoms with Crippen molar-refractivity contribution >= 4 is 0 Å². The minimum atomic E-state index is -6.35. The summed E-state index contributed by atoms with van der Waals surface area (Å²) in [5.41, 5.74) is 0. The van der Waals surface area contributed by atoms with E-state index >= 15 is 0 Å². The van der Waals surface area contributed by atoms with Crippen LogP contribution in [0.4, 0.5) is 35.1 Å². The predicted molar refractivity (Wildman–Crippen MR) is 33.6 cm³/mol. The average Bonchev–Trinajstić information content (AvgIpc) is 1.99. The van der Waals surface area contributed by atoms with E-state index in [9.17, 15) is 35.1 Å². The molecule has 0 aliphatic rings. The van der Waals surface area contributed by atoms with Gasteiger partial charge in [-0.2, -0.15) is 17.6 Å². The number of hydrogen-bond donors (Lipinski definition) is 0. The molecule has 0 N–H and O–H groups in total. The van der Waals surface area contributed by atoms with Crippen molar-refractivity contribution in [2.75, 3.05) is 7.11 Å². The number of ether oxygens (including phenoxy) is 2. The molecule has 0 saturated heterocycles. The van der Waals surface area contributed by atoms with Crippen molar-refractivity contribution in [3.63, 3.8) is 0 Å². The van der Waals surface area contributed by atoms with Gasteiger partial charge in [0.1, 0.15) is 0 Å². The van der Waals surface area contributed by atoms with Crippen LogP contribution in [-0.2, 0) is 9.47 Å². The van der Waals surface area contributed by atoms with E-state index in [1.54, 1.807) is 0 Å². The van der Waals surface area contributed by atoms with Gasteiger partial charge in [0, 0.05) is 14.0 Å². The van der Waals surface area contributed by atoms with Gasteiger partial charge in [0.2, 0.25) is 0 Å². The summed E-state index contributed by atoms with van der Waals surface area (Å²) in [6, 6.07) is 0. The summed E-state index contributed by atoms with van der Waals surface area (Å²) in [6.07, 6.45) is -11.5. The lowest BCUT2D eigenvalue weighted by Crippen LogP contribution is -2.58. The molecule has 0 aromatic carbocycles. The highest BCUT2D eigenvalue weighted by Crippen LogP contribution is 2.48. The minimum Gasteiger partial charge on any atom is -0.299 e. The lowest BCUT2D eigenvalue weighted by atomic mass is 10.1. The zero-order valence-corrected chi connectivity index (χ0v) is 7.84. The highest BCUT2D eigenvalue weighted by Gasteiger charge is 2.74. The van der Waals surface area contributed by atoms with Crippen LogP contribution in [0, 0.1) is 0 Å². The number of rotatable bonds is 4. The monoisotopic (exact) mass is 262 g/mol. The molecule has 0 rings (SSSR count). The molecule has 0 aromatic heterocycles. The topological polar surface area (TPSA) is 18.5 Å². The van der Waals surface area contributed by atoms with E-state index in [-0.39, 0.29) is 7.11 Å². The average molecular weight is 262 g/mol. The predicted octanol–water partition coefficient (Wildman–Crippen LogP) is 3.08. The molecule has 0 bridgehead atoms. The third-order valence-corrected chi connectivity index (χ3v) is 1.43. The molecular formula is C6H6F8O2. The first-order valence-corrected chi connectivity index (χ1v) is 3.53. The number of hydrogen-bond acceptors (Lipinski definition) is 2. The summed E-state index contributed by atoms with van der Waals surface area (Å²) >= 11 is 0. The van der Waals surface area contributed by atoms with Gasteiger partial charge in [0.15, 0.2) is 0 Å². The Morgan fingerprint density at radius 2 is 1.19 bits per heavy atom. The first kappa shape index (κ1) is 15.4. The number of halogens is 8. The van der Waals surface area contributed by atoms with Gasteiger partial charge in [0.25, 0.3) is 0 Å². The summed E-state index contributed by atoms with van der Waals surface area (Å²) in [5, 5.41) is 0. The molecule has 2 nitrogen and oxygen atoms in total. The Hall–Kier alpha value is -0.640. The zero-order valence-electron chi connectivity index (χ0n) is 7.84. The van der Waals surface area contributed by atoms with Crippen molar-refractivity contribution in [2.45, 2.75) is 31.2 Å². The fourth-order valence-electron chi connectivity index (χ4n) is 0.602. The van der Waals surface area contributed by atoms with E-state index in [2.05, 4.69) is 9.47 Å². The van der Waals surface area contributed by atoms with E-state index in [0.717, 1.165) is 0 Å². The molecule has 0 fully saturated rings. The van der Waals surface area contributed by atoms with Crippen LogP contribution < -0.4 is 0 Å². The number of methoxy groups -OCH3 is 1. The Labute approximate surface area is 84.1 Å². The highest BCUT2D eigenvalue weighted by atomic mass is 19.4. The van der Waals surface area contributed by atoms with Gasteiger partial charge in [0.05, 0.1) is 0 Å². The Balaban J connectivity index is 5.30. The maximum Gasteiger partial charge on any atom is 0.488 e. The second kappa shape index (κ2) is 3.99. The van der Waals surface area contributed by atoms with Gasteiger partial charge in [-0.25, -0.2) is 13.5 Å². The van der Waals surface area contributed by atoms with Crippen molar-refractivity contribution in [3.05, 3.63) is 0 Å². The quantitative estimate of drug-likeness (QED) is 0.572. The van der Waals surface area contributed by atoms with E-state index in [1.807, 2.05) is 0 Å². The molecule has 10 heteroatoms. The van der Waals surface area contributed by atoms with Crippen LogP contribution in [0.15, 0.2) is 0 Å². The lowest BCUT2D eigenvalue weighted by Gasteiger charge is -2.34. The summed E-state index contributed by atoms with van der Waals surface area (Å²) in [5.74, 6) is -11.1. The molecular weight excluding hydrogens is 256 g/mol. The fraction of sp³-hybridized carbons (Fsp3) is 1.00. The third kappa shape index (κ3) is 2.94. The molecule has 0 spiro atoms. The van der Waals surface area contributed by atoms with Gasteiger partial charge >= 0.3 is 24.2 Å². The molecule has 0 saturated carbocycles. The van der Waals surface area contributed by atoms with E-state index < -0.39 is 31.2 Å². The van der Waals surface area contributed by atoms with Crippen LogP contribution >= 0.6 is 0 Å². The maximum absolute atomic E-state index is 12.8. The molecule has 0 aliphatic heterocycles. The lowest BCUT2D eigenvalue weighted by molar-refractivity contribution is -0.505. The molecule has 0 radical (unpaired) electrons. The summed E-state index contributed by atoms with van der Waals surface area (Å²) in [4.78, 5) is 0. The smallest absolute Gasteiger partial charge is 0.299 e. The van der Waals surface area contributed by atoms with E-state index in [0.29, 0.717) is 0 Å². The Morgan fingerprint density at radius 1 is 0.812 bits per heavy atom. The van der Waals surface area contributed by atoms with Crippen LogP contribution in [0.5, 0.6) is 0 Å². The van der Waals surface area contributed by atoms with Crippen LogP contribution in [0.1, 0.15) is 6.92 Å². The van der Waals surface area contributed by atoms with Crippen LogP contribution in [0.25, 0.3) is 0 Å². The molecule has 16 heavy (non-hydrogen) atoms. The highest BCUT2D eigenvalue weighted by molar-refractivity contribution is 4.89. The second-order valence-electron chi connectivity index (χ2n) is 2.75. The van der Waals surface area contributed by atoms with Crippen molar-refractivity contribution in [2.24, 2.45) is 0 Å². The molecule has 0 heterocycles. The van der Waals surface area contributed by atoms with E-state index in [4.69, 9.17) is 0 Å². The molecule has 98 valence electrons. The fourth-order valence-corrected chi connectivity index (χ4v) is 0.602. The van der Waals surface area contributed by atoms with Gasteiger partial charge in [-0.05, 0) is 0 Å². The Morgan fingerprint density at radius 3 is 1.38 bits per heavy atom. The second-order valence-corrected chi connectivity index (χ2v) is 2.75. The molecule has 0 amide bonds. The Bertz CT molecular complexity index is 228. The molecule has 1 atom stereocenters. The zero-order chi connectivity index (χ0) is 13.4. The summed E-state index contributed by atoms with van der Waals surface area (Å²) < 4.78 is 103. The first-order chi connectivity index (χ1) is 6.77. The Kier molecular flexibility index (Phi) is 3.83. The van der Waals surface area contributed by atoms with Crippen molar-refractivity contribution < 1.29 is 44.6 Å². The van der Waals surface area contributed by atoms with Gasteiger partial charge in [-0.1, -0.05) is 0 Å². The SMILES string of the molecule is COC(F)(F)OC(F)(C(C)(F)F)C(F)(F)F. The van der Waals surface area contributed by atoms with Crippen LogP contribution in [-0.4, -0.2) is 31.4 Å². The normalized spacial score (nSPS) is 18.4.